The average Bonchev–Trinajstić information content (AvgIpc) is 2.46. The van der Waals surface area contributed by atoms with E-state index < -0.39 is 0 Å². The van der Waals surface area contributed by atoms with Crippen LogP contribution < -0.4 is 0 Å². The van der Waals surface area contributed by atoms with Crippen molar-refractivity contribution < 1.29 is 4.79 Å². The molecule has 2 rings (SSSR count). The van der Waals surface area contributed by atoms with Crippen LogP contribution in [0.25, 0.3) is 0 Å². The molecule has 0 aliphatic carbocycles. The highest BCUT2D eigenvalue weighted by atomic mass is 16.2. The molecule has 0 atom stereocenters. The normalized spacial score (nSPS) is 10.3. The molecule has 2 heteroatoms. The van der Waals surface area contributed by atoms with Gasteiger partial charge in [0.2, 0.25) is 0 Å². The molecule has 2 aromatic rings. The zero-order chi connectivity index (χ0) is 14.5. The van der Waals surface area contributed by atoms with E-state index in [1.807, 2.05) is 55.1 Å². The van der Waals surface area contributed by atoms with Crippen LogP contribution in [0.1, 0.15) is 34.0 Å². The predicted molar refractivity (Wildman–Crippen MR) is 82.8 cm³/mol. The van der Waals surface area contributed by atoms with E-state index >= 15 is 0 Å². The molecule has 104 valence electrons. The van der Waals surface area contributed by atoms with Gasteiger partial charge in [0.05, 0.1) is 0 Å². The third-order valence-corrected chi connectivity index (χ3v) is 3.67. The standard InChI is InChI=1S/C18H21NO/c1-4-19(13-16-11-7-5-9-14(16)2)18(20)17-12-8-6-10-15(17)3/h5-12H,4,13H2,1-3H3. The summed E-state index contributed by atoms with van der Waals surface area (Å²) in [5, 5.41) is 0. The fourth-order valence-electron chi connectivity index (χ4n) is 2.30. The fourth-order valence-corrected chi connectivity index (χ4v) is 2.30. The zero-order valence-electron chi connectivity index (χ0n) is 12.4. The molecule has 0 aliphatic heterocycles. The molecule has 0 N–H and O–H groups in total. The van der Waals surface area contributed by atoms with E-state index in [0.717, 1.165) is 11.1 Å². The summed E-state index contributed by atoms with van der Waals surface area (Å²) in [6.07, 6.45) is 0. The summed E-state index contributed by atoms with van der Waals surface area (Å²) in [5.74, 6) is 0.105. The van der Waals surface area contributed by atoms with E-state index in [-0.39, 0.29) is 5.91 Å². The minimum atomic E-state index is 0.105. The largest absolute Gasteiger partial charge is 0.335 e. The maximum atomic E-state index is 12.6. The summed E-state index contributed by atoms with van der Waals surface area (Å²) in [6, 6.07) is 16.0. The van der Waals surface area contributed by atoms with Gasteiger partial charge in [0.15, 0.2) is 0 Å². The second-order valence-electron chi connectivity index (χ2n) is 5.06. The molecule has 0 heterocycles. The Balaban J connectivity index is 2.23. The average molecular weight is 267 g/mol. The van der Waals surface area contributed by atoms with Gasteiger partial charge in [-0.3, -0.25) is 4.79 Å². The summed E-state index contributed by atoms with van der Waals surface area (Å²) in [4.78, 5) is 14.5. The second kappa shape index (κ2) is 6.38. The molecule has 0 saturated heterocycles. The Labute approximate surface area is 121 Å². The van der Waals surface area contributed by atoms with Crippen LogP contribution in [-0.4, -0.2) is 17.4 Å². The molecule has 2 nitrogen and oxygen atoms in total. The first-order valence-corrected chi connectivity index (χ1v) is 7.03. The SMILES string of the molecule is CCN(Cc1ccccc1C)C(=O)c1ccccc1C. The molecule has 0 aromatic heterocycles. The van der Waals surface area contributed by atoms with Crippen molar-refractivity contribution in [2.45, 2.75) is 27.3 Å². The van der Waals surface area contributed by atoms with Crippen molar-refractivity contribution in [3.8, 4) is 0 Å². The number of amides is 1. The molecular formula is C18H21NO. The van der Waals surface area contributed by atoms with Crippen LogP contribution in [-0.2, 0) is 6.54 Å². The number of carbonyl (C=O) groups is 1. The second-order valence-corrected chi connectivity index (χ2v) is 5.06. The molecule has 0 fully saturated rings. The van der Waals surface area contributed by atoms with Gasteiger partial charge in [-0.2, -0.15) is 0 Å². The van der Waals surface area contributed by atoms with E-state index in [2.05, 4.69) is 19.1 Å². The smallest absolute Gasteiger partial charge is 0.254 e. The van der Waals surface area contributed by atoms with Crippen LogP contribution >= 0.6 is 0 Å². The van der Waals surface area contributed by atoms with E-state index in [4.69, 9.17) is 0 Å². The lowest BCUT2D eigenvalue weighted by Crippen LogP contribution is -2.31. The summed E-state index contributed by atoms with van der Waals surface area (Å²) in [6.45, 7) is 7.46. The lowest BCUT2D eigenvalue weighted by molar-refractivity contribution is 0.0751. The van der Waals surface area contributed by atoms with Gasteiger partial charge < -0.3 is 4.90 Å². The summed E-state index contributed by atoms with van der Waals surface area (Å²) in [7, 11) is 0. The first-order chi connectivity index (χ1) is 9.63. The van der Waals surface area contributed by atoms with Gasteiger partial charge in [-0.05, 0) is 43.5 Å². The van der Waals surface area contributed by atoms with Gasteiger partial charge >= 0.3 is 0 Å². The van der Waals surface area contributed by atoms with Crippen LogP contribution in [0.4, 0.5) is 0 Å². The Bertz CT molecular complexity index is 604. The first kappa shape index (κ1) is 14.3. The number of nitrogens with zero attached hydrogens (tertiary/aromatic N) is 1. The van der Waals surface area contributed by atoms with E-state index in [0.29, 0.717) is 13.1 Å². The zero-order valence-corrected chi connectivity index (χ0v) is 12.4. The van der Waals surface area contributed by atoms with Gasteiger partial charge in [0, 0.05) is 18.7 Å². The van der Waals surface area contributed by atoms with Gasteiger partial charge in [-0.1, -0.05) is 42.5 Å². The Kier molecular flexibility index (Phi) is 4.57. The topological polar surface area (TPSA) is 20.3 Å². The fraction of sp³-hybridized carbons (Fsp3) is 0.278. The van der Waals surface area contributed by atoms with Crippen molar-refractivity contribution in [2.75, 3.05) is 6.54 Å². The highest BCUT2D eigenvalue weighted by Crippen LogP contribution is 2.15. The number of carbonyl (C=O) groups excluding carboxylic acids is 1. The van der Waals surface area contributed by atoms with Gasteiger partial charge in [-0.15, -0.1) is 0 Å². The number of hydrogen-bond acceptors (Lipinski definition) is 1. The summed E-state index contributed by atoms with van der Waals surface area (Å²) in [5.41, 5.74) is 4.25. The number of rotatable bonds is 4. The Morgan fingerprint density at radius 3 is 2.15 bits per heavy atom. The van der Waals surface area contributed by atoms with E-state index in [9.17, 15) is 4.79 Å². The monoisotopic (exact) mass is 267 g/mol. The quantitative estimate of drug-likeness (QED) is 0.821. The Hall–Kier alpha value is -2.09. The molecule has 0 radical (unpaired) electrons. The van der Waals surface area contributed by atoms with Gasteiger partial charge in [-0.25, -0.2) is 0 Å². The lowest BCUT2D eigenvalue weighted by Gasteiger charge is -2.23. The van der Waals surface area contributed by atoms with Gasteiger partial charge in [0.1, 0.15) is 0 Å². The number of benzene rings is 2. The highest BCUT2D eigenvalue weighted by molar-refractivity contribution is 5.95. The molecule has 0 saturated carbocycles. The molecule has 2 aromatic carbocycles. The lowest BCUT2D eigenvalue weighted by atomic mass is 10.1. The molecule has 1 amide bonds. The third-order valence-electron chi connectivity index (χ3n) is 3.67. The summed E-state index contributed by atoms with van der Waals surface area (Å²) >= 11 is 0. The van der Waals surface area contributed by atoms with Crippen LogP contribution in [0, 0.1) is 13.8 Å². The van der Waals surface area contributed by atoms with Gasteiger partial charge in [0.25, 0.3) is 5.91 Å². The van der Waals surface area contributed by atoms with Crippen molar-refractivity contribution in [3.63, 3.8) is 0 Å². The molecular weight excluding hydrogens is 246 g/mol. The minimum Gasteiger partial charge on any atom is -0.335 e. The highest BCUT2D eigenvalue weighted by Gasteiger charge is 2.16. The van der Waals surface area contributed by atoms with Crippen molar-refractivity contribution in [1.82, 2.24) is 4.90 Å². The maximum absolute atomic E-state index is 12.6. The van der Waals surface area contributed by atoms with E-state index in [1.165, 1.54) is 11.1 Å². The van der Waals surface area contributed by atoms with Crippen LogP contribution in [0.2, 0.25) is 0 Å². The van der Waals surface area contributed by atoms with Crippen LogP contribution in [0.15, 0.2) is 48.5 Å². The van der Waals surface area contributed by atoms with Crippen molar-refractivity contribution in [2.24, 2.45) is 0 Å². The van der Waals surface area contributed by atoms with Crippen molar-refractivity contribution in [3.05, 3.63) is 70.8 Å². The molecule has 0 bridgehead atoms. The number of hydrogen-bond donors (Lipinski definition) is 0. The van der Waals surface area contributed by atoms with Crippen molar-refractivity contribution >= 4 is 5.91 Å². The predicted octanol–water partition coefficient (Wildman–Crippen LogP) is 3.97. The van der Waals surface area contributed by atoms with Crippen molar-refractivity contribution in [1.29, 1.82) is 0 Å². The Morgan fingerprint density at radius 2 is 1.55 bits per heavy atom. The summed E-state index contributed by atoms with van der Waals surface area (Å²) < 4.78 is 0. The minimum absolute atomic E-state index is 0.105. The molecule has 0 aliphatic rings. The first-order valence-electron chi connectivity index (χ1n) is 7.03. The maximum Gasteiger partial charge on any atom is 0.254 e. The van der Waals surface area contributed by atoms with E-state index in [1.54, 1.807) is 0 Å². The van der Waals surface area contributed by atoms with Crippen LogP contribution in [0.5, 0.6) is 0 Å². The van der Waals surface area contributed by atoms with Crippen LogP contribution in [0.3, 0.4) is 0 Å². The third kappa shape index (κ3) is 3.08. The molecule has 0 spiro atoms. The molecule has 20 heavy (non-hydrogen) atoms. The number of aryl methyl sites for hydroxylation is 2. The molecule has 0 unspecified atom stereocenters. The Morgan fingerprint density at radius 1 is 0.950 bits per heavy atom.